The lowest BCUT2D eigenvalue weighted by Crippen LogP contribution is -2.35. The fraction of sp³-hybridized carbons (Fsp3) is 0.150. The third-order valence-electron chi connectivity index (χ3n) is 4.47. The lowest BCUT2D eigenvalue weighted by Gasteiger charge is -2.16. The summed E-state index contributed by atoms with van der Waals surface area (Å²) in [5.41, 5.74) is 9.85. The van der Waals surface area contributed by atoms with Gasteiger partial charge in [0.05, 0.1) is 5.69 Å². The molecular weight excluding hydrogens is 390 g/mol. The normalized spacial score (nSPS) is 17.5. The highest BCUT2D eigenvalue weighted by molar-refractivity contribution is 7.80. The summed E-state index contributed by atoms with van der Waals surface area (Å²) in [6.45, 7) is 3.58. The standard InChI is InChI=1S/C20H19N5O3S/c1-11-7-3-5-9-13(11)22-17(26)15-16(23-24-20(21)29)19(28)25(18(15)27)14-10-6-4-8-12(14)2/h3-10,15H,1-2H3,(H,22,26)(H3,21,24,29)/b23-16-. The van der Waals surface area contributed by atoms with Gasteiger partial charge in [-0.2, -0.15) is 5.10 Å². The van der Waals surface area contributed by atoms with Gasteiger partial charge >= 0.3 is 0 Å². The molecule has 148 valence electrons. The zero-order valence-corrected chi connectivity index (χ0v) is 16.6. The number of rotatable bonds is 4. The summed E-state index contributed by atoms with van der Waals surface area (Å²) < 4.78 is 0. The molecule has 1 aliphatic heterocycles. The Bertz CT molecular complexity index is 1050. The number of para-hydroxylation sites is 2. The molecule has 0 aromatic heterocycles. The van der Waals surface area contributed by atoms with Crippen molar-refractivity contribution in [3.63, 3.8) is 0 Å². The summed E-state index contributed by atoms with van der Waals surface area (Å²) in [7, 11) is 0. The van der Waals surface area contributed by atoms with Crippen LogP contribution in [-0.2, 0) is 14.4 Å². The van der Waals surface area contributed by atoms with Gasteiger partial charge in [0.25, 0.3) is 11.8 Å². The zero-order chi connectivity index (χ0) is 21.1. The van der Waals surface area contributed by atoms with Crippen molar-refractivity contribution < 1.29 is 14.4 Å². The molecule has 29 heavy (non-hydrogen) atoms. The molecule has 2 aromatic carbocycles. The van der Waals surface area contributed by atoms with Crippen LogP contribution in [-0.4, -0.2) is 28.5 Å². The van der Waals surface area contributed by atoms with Crippen LogP contribution in [0.15, 0.2) is 53.6 Å². The molecule has 8 nitrogen and oxygen atoms in total. The number of anilines is 2. The van der Waals surface area contributed by atoms with E-state index in [1.54, 1.807) is 43.3 Å². The third kappa shape index (κ3) is 3.99. The first kappa shape index (κ1) is 20.2. The molecule has 1 atom stereocenters. The Hall–Kier alpha value is -3.59. The molecule has 1 unspecified atom stereocenters. The Balaban J connectivity index is 2.01. The van der Waals surface area contributed by atoms with E-state index >= 15 is 0 Å². The Morgan fingerprint density at radius 1 is 1.07 bits per heavy atom. The van der Waals surface area contributed by atoms with Crippen molar-refractivity contribution in [1.29, 1.82) is 0 Å². The van der Waals surface area contributed by atoms with Crippen LogP contribution in [0.25, 0.3) is 0 Å². The number of aryl methyl sites for hydroxylation is 2. The first-order chi connectivity index (χ1) is 13.8. The van der Waals surface area contributed by atoms with Crippen LogP contribution in [0.3, 0.4) is 0 Å². The summed E-state index contributed by atoms with van der Waals surface area (Å²) in [6.07, 6.45) is 0. The van der Waals surface area contributed by atoms with Gasteiger partial charge in [-0.1, -0.05) is 36.4 Å². The lowest BCUT2D eigenvalue weighted by atomic mass is 10.0. The van der Waals surface area contributed by atoms with E-state index in [0.717, 1.165) is 10.5 Å². The summed E-state index contributed by atoms with van der Waals surface area (Å²) in [6, 6.07) is 14.0. The van der Waals surface area contributed by atoms with Crippen LogP contribution in [0.1, 0.15) is 11.1 Å². The molecule has 2 aromatic rings. The number of carbonyl (C=O) groups is 3. The maximum atomic E-state index is 13.1. The second kappa shape index (κ2) is 8.19. The lowest BCUT2D eigenvalue weighted by molar-refractivity contribution is -0.127. The molecule has 0 spiro atoms. The van der Waals surface area contributed by atoms with Gasteiger partial charge < -0.3 is 11.1 Å². The number of carbonyl (C=O) groups excluding carboxylic acids is 3. The maximum absolute atomic E-state index is 13.1. The number of imide groups is 1. The van der Waals surface area contributed by atoms with Crippen LogP contribution < -0.4 is 21.4 Å². The highest BCUT2D eigenvalue weighted by Gasteiger charge is 2.50. The van der Waals surface area contributed by atoms with Crippen LogP contribution in [0.5, 0.6) is 0 Å². The van der Waals surface area contributed by atoms with Gasteiger partial charge in [-0.3, -0.25) is 19.8 Å². The zero-order valence-electron chi connectivity index (χ0n) is 15.8. The monoisotopic (exact) mass is 409 g/mol. The minimum atomic E-state index is -1.44. The highest BCUT2D eigenvalue weighted by atomic mass is 32.1. The van der Waals surface area contributed by atoms with Crippen LogP contribution in [0.4, 0.5) is 11.4 Å². The quantitative estimate of drug-likeness (QED) is 0.306. The van der Waals surface area contributed by atoms with Gasteiger partial charge in [0, 0.05) is 5.69 Å². The van der Waals surface area contributed by atoms with E-state index in [2.05, 4.69) is 15.8 Å². The minimum Gasteiger partial charge on any atom is -0.375 e. The van der Waals surface area contributed by atoms with Crippen molar-refractivity contribution in [2.75, 3.05) is 10.2 Å². The second-order valence-corrected chi connectivity index (χ2v) is 6.92. The van der Waals surface area contributed by atoms with Crippen molar-refractivity contribution >= 4 is 52.1 Å². The average Bonchev–Trinajstić information content (AvgIpc) is 2.92. The van der Waals surface area contributed by atoms with E-state index in [4.69, 9.17) is 18.0 Å². The number of thiocarbonyl (C=S) groups is 1. The molecule has 1 saturated heterocycles. The molecular formula is C20H19N5O3S. The number of hydrazone groups is 1. The maximum Gasteiger partial charge on any atom is 0.282 e. The van der Waals surface area contributed by atoms with Crippen molar-refractivity contribution in [1.82, 2.24) is 5.43 Å². The average molecular weight is 409 g/mol. The van der Waals surface area contributed by atoms with Gasteiger partial charge in [-0.15, -0.1) is 0 Å². The topological polar surface area (TPSA) is 117 Å². The van der Waals surface area contributed by atoms with E-state index in [1.165, 1.54) is 0 Å². The van der Waals surface area contributed by atoms with Gasteiger partial charge in [0.2, 0.25) is 5.91 Å². The van der Waals surface area contributed by atoms with Crippen LogP contribution in [0, 0.1) is 19.8 Å². The van der Waals surface area contributed by atoms with E-state index in [0.29, 0.717) is 16.9 Å². The number of hydrogen-bond acceptors (Lipinski definition) is 5. The third-order valence-corrected chi connectivity index (χ3v) is 4.56. The fourth-order valence-electron chi connectivity index (χ4n) is 3.01. The predicted octanol–water partition coefficient (Wildman–Crippen LogP) is 1.62. The SMILES string of the molecule is Cc1ccccc1NC(=O)C1C(=O)N(c2ccccc2C)C(=O)/C1=N\NC(N)=S. The highest BCUT2D eigenvalue weighted by Crippen LogP contribution is 2.29. The molecule has 0 bridgehead atoms. The molecule has 0 radical (unpaired) electrons. The molecule has 1 fully saturated rings. The number of nitrogens with one attached hydrogen (secondary N) is 2. The van der Waals surface area contributed by atoms with E-state index in [1.807, 2.05) is 19.1 Å². The Morgan fingerprint density at radius 2 is 1.69 bits per heavy atom. The van der Waals surface area contributed by atoms with Crippen molar-refractivity contribution in [3.05, 3.63) is 59.7 Å². The number of amides is 3. The van der Waals surface area contributed by atoms with Gasteiger partial charge in [-0.05, 0) is 49.3 Å². The first-order valence-corrected chi connectivity index (χ1v) is 9.15. The Kier molecular flexibility index (Phi) is 5.69. The first-order valence-electron chi connectivity index (χ1n) is 8.74. The van der Waals surface area contributed by atoms with Crippen molar-refractivity contribution in [2.45, 2.75) is 13.8 Å². The Labute approximate surface area is 172 Å². The molecule has 3 amide bonds. The smallest absolute Gasteiger partial charge is 0.282 e. The molecule has 1 aliphatic rings. The summed E-state index contributed by atoms with van der Waals surface area (Å²) in [5, 5.41) is 6.36. The van der Waals surface area contributed by atoms with Gasteiger partial charge in [-0.25, -0.2) is 4.90 Å². The van der Waals surface area contributed by atoms with Crippen LogP contribution >= 0.6 is 12.2 Å². The fourth-order valence-corrected chi connectivity index (χ4v) is 3.05. The molecule has 9 heteroatoms. The summed E-state index contributed by atoms with van der Waals surface area (Å²) in [4.78, 5) is 40.0. The van der Waals surface area contributed by atoms with E-state index in [9.17, 15) is 14.4 Å². The van der Waals surface area contributed by atoms with Crippen LogP contribution in [0.2, 0.25) is 0 Å². The summed E-state index contributed by atoms with van der Waals surface area (Å²) >= 11 is 4.72. The van der Waals surface area contributed by atoms with Crippen molar-refractivity contribution in [2.24, 2.45) is 16.8 Å². The Morgan fingerprint density at radius 3 is 2.31 bits per heavy atom. The molecule has 0 aliphatic carbocycles. The number of nitrogens with two attached hydrogens (primary N) is 1. The molecule has 4 N–H and O–H groups in total. The molecule has 1 heterocycles. The molecule has 0 saturated carbocycles. The van der Waals surface area contributed by atoms with Gasteiger partial charge in [0.1, 0.15) is 5.71 Å². The number of hydrogen-bond donors (Lipinski definition) is 3. The molecule has 3 rings (SSSR count). The predicted molar refractivity (Wildman–Crippen MR) is 114 cm³/mol. The minimum absolute atomic E-state index is 0.190. The number of benzene rings is 2. The van der Waals surface area contributed by atoms with Gasteiger partial charge in [0.15, 0.2) is 11.0 Å². The largest absolute Gasteiger partial charge is 0.375 e. The summed E-state index contributed by atoms with van der Waals surface area (Å²) in [5.74, 6) is -3.52. The second-order valence-electron chi connectivity index (χ2n) is 6.48. The van der Waals surface area contributed by atoms with Crippen molar-refractivity contribution in [3.8, 4) is 0 Å². The number of nitrogens with zero attached hydrogens (tertiary/aromatic N) is 2. The van der Waals surface area contributed by atoms with E-state index < -0.39 is 23.6 Å². The van der Waals surface area contributed by atoms with E-state index in [-0.39, 0.29) is 10.8 Å².